The van der Waals surface area contributed by atoms with Crippen molar-refractivity contribution in [3.8, 4) is 0 Å². The predicted octanol–water partition coefficient (Wildman–Crippen LogP) is 2.37. The lowest BCUT2D eigenvalue weighted by molar-refractivity contribution is -0.115. The fourth-order valence-corrected chi connectivity index (χ4v) is 2.37. The topological polar surface area (TPSA) is 84.0 Å². The van der Waals surface area contributed by atoms with E-state index in [2.05, 4.69) is 52.5 Å². The van der Waals surface area contributed by atoms with E-state index in [1.54, 1.807) is 24.3 Å². The first-order valence-corrected chi connectivity index (χ1v) is 7.46. The van der Waals surface area contributed by atoms with Gasteiger partial charge < -0.3 is 10.6 Å². The highest BCUT2D eigenvalue weighted by atomic mass is 79.9. The molecule has 2 rings (SSSR count). The van der Waals surface area contributed by atoms with Gasteiger partial charge in [-0.1, -0.05) is 18.2 Å². The number of amides is 2. The minimum Gasteiger partial charge on any atom is -0.343 e. The Hall–Kier alpha value is -1.80. The number of nitrogens with one attached hydrogen (secondary N) is 2. The van der Waals surface area contributed by atoms with Crippen LogP contribution in [-0.4, -0.2) is 28.3 Å². The molecule has 1 heterocycles. The Bertz CT molecular complexity index is 664. The lowest BCUT2D eigenvalue weighted by Crippen LogP contribution is -2.33. The molecule has 2 aromatic rings. The zero-order chi connectivity index (χ0) is 15.2. The molecular weight excluding hydrogens is 404 g/mol. The van der Waals surface area contributed by atoms with Crippen LogP contribution in [0.15, 0.2) is 45.7 Å². The number of aromatic nitrogens is 2. The van der Waals surface area contributed by atoms with Crippen molar-refractivity contribution in [2.75, 3.05) is 11.9 Å². The molecule has 0 fully saturated rings. The van der Waals surface area contributed by atoms with Crippen LogP contribution in [0, 0.1) is 0 Å². The van der Waals surface area contributed by atoms with Gasteiger partial charge in [-0.15, -0.1) is 0 Å². The van der Waals surface area contributed by atoms with E-state index in [9.17, 15) is 9.59 Å². The average molecular weight is 414 g/mol. The number of halogens is 2. The monoisotopic (exact) mass is 412 g/mol. The summed E-state index contributed by atoms with van der Waals surface area (Å²) in [6, 6.07) is 8.66. The molecule has 0 atom stereocenters. The molecule has 2 N–H and O–H groups in total. The Kier molecular flexibility index (Phi) is 5.40. The second-order valence-electron chi connectivity index (χ2n) is 3.93. The number of carbonyl (C=O) groups is 2. The molecule has 21 heavy (non-hydrogen) atoms. The summed E-state index contributed by atoms with van der Waals surface area (Å²) in [5.74, 6) is -0.416. The normalized spacial score (nSPS) is 10.0. The molecule has 0 spiro atoms. The molecule has 0 aliphatic heterocycles. The predicted molar refractivity (Wildman–Crippen MR) is 84.8 cm³/mol. The first-order valence-electron chi connectivity index (χ1n) is 5.87. The van der Waals surface area contributed by atoms with Gasteiger partial charge in [0.05, 0.1) is 12.7 Å². The van der Waals surface area contributed by atoms with Crippen molar-refractivity contribution in [1.29, 1.82) is 0 Å². The molecule has 0 aliphatic carbocycles. The van der Waals surface area contributed by atoms with Crippen molar-refractivity contribution < 1.29 is 9.59 Å². The summed E-state index contributed by atoms with van der Waals surface area (Å²) in [5, 5.41) is 5.08. The highest BCUT2D eigenvalue weighted by molar-refractivity contribution is 9.11. The number of benzene rings is 1. The van der Waals surface area contributed by atoms with Crippen molar-refractivity contribution in [2.24, 2.45) is 0 Å². The molecule has 1 aromatic heterocycles. The van der Waals surface area contributed by atoms with Crippen LogP contribution in [0.1, 0.15) is 10.4 Å². The summed E-state index contributed by atoms with van der Waals surface area (Å²) in [6.07, 6.45) is 1.46. The summed E-state index contributed by atoms with van der Waals surface area (Å²) in [6.45, 7) is -0.155. The molecule has 0 aliphatic rings. The lowest BCUT2D eigenvalue weighted by atomic mass is 10.2. The minimum absolute atomic E-state index is 0.155. The third kappa shape index (κ3) is 4.61. The van der Waals surface area contributed by atoms with Gasteiger partial charge in [-0.25, -0.2) is 9.97 Å². The largest absolute Gasteiger partial charge is 0.343 e. The van der Waals surface area contributed by atoms with Crippen LogP contribution in [0.3, 0.4) is 0 Å². The standard InChI is InChI=1S/C13H10Br2N4O2/c14-9-6-16-12(11(15)18-9)19-10(20)7-17-13(21)8-4-2-1-3-5-8/h1-6H,7H2,(H,17,21)(H,16,19,20). The molecule has 6 nitrogen and oxygen atoms in total. The number of rotatable bonds is 4. The van der Waals surface area contributed by atoms with E-state index in [4.69, 9.17) is 0 Å². The Morgan fingerprint density at radius 2 is 1.86 bits per heavy atom. The maximum absolute atomic E-state index is 11.8. The molecule has 0 unspecified atom stereocenters. The highest BCUT2D eigenvalue weighted by Gasteiger charge is 2.10. The number of carbonyl (C=O) groups excluding carboxylic acids is 2. The Morgan fingerprint density at radius 3 is 2.52 bits per heavy atom. The molecule has 0 saturated heterocycles. The van der Waals surface area contributed by atoms with Gasteiger partial charge in [-0.2, -0.15) is 0 Å². The van der Waals surface area contributed by atoms with Crippen molar-refractivity contribution in [2.45, 2.75) is 0 Å². The number of hydrogen-bond acceptors (Lipinski definition) is 4. The van der Waals surface area contributed by atoms with Crippen molar-refractivity contribution >= 4 is 49.5 Å². The van der Waals surface area contributed by atoms with Crippen molar-refractivity contribution in [3.05, 3.63) is 51.3 Å². The van der Waals surface area contributed by atoms with Crippen molar-refractivity contribution in [3.63, 3.8) is 0 Å². The van der Waals surface area contributed by atoms with Gasteiger partial charge in [-0.3, -0.25) is 9.59 Å². The van der Waals surface area contributed by atoms with Crippen LogP contribution < -0.4 is 10.6 Å². The fourth-order valence-electron chi connectivity index (χ4n) is 1.46. The second kappa shape index (κ2) is 7.28. The quantitative estimate of drug-likeness (QED) is 0.805. The van der Waals surface area contributed by atoms with Gasteiger partial charge in [0.1, 0.15) is 9.21 Å². The van der Waals surface area contributed by atoms with E-state index in [0.717, 1.165) is 0 Å². The van der Waals surface area contributed by atoms with Gasteiger partial charge in [0.2, 0.25) is 5.91 Å². The Labute approximate surface area is 137 Å². The maximum Gasteiger partial charge on any atom is 0.251 e. The molecular formula is C13H10Br2N4O2. The van der Waals surface area contributed by atoms with Gasteiger partial charge >= 0.3 is 0 Å². The van der Waals surface area contributed by atoms with E-state index in [1.807, 2.05) is 6.07 Å². The van der Waals surface area contributed by atoms with Gasteiger partial charge in [0.15, 0.2) is 5.82 Å². The summed E-state index contributed by atoms with van der Waals surface area (Å²) in [7, 11) is 0. The van der Waals surface area contributed by atoms with E-state index >= 15 is 0 Å². The first-order chi connectivity index (χ1) is 10.1. The smallest absolute Gasteiger partial charge is 0.251 e. The number of hydrogen-bond donors (Lipinski definition) is 2. The Morgan fingerprint density at radius 1 is 1.14 bits per heavy atom. The zero-order valence-corrected chi connectivity index (χ0v) is 13.8. The molecule has 1 aromatic carbocycles. The van der Waals surface area contributed by atoms with Crippen LogP contribution in [-0.2, 0) is 4.79 Å². The van der Waals surface area contributed by atoms with Gasteiger partial charge in [-0.05, 0) is 44.0 Å². The summed E-state index contributed by atoms with van der Waals surface area (Å²) in [4.78, 5) is 31.6. The van der Waals surface area contributed by atoms with Crippen LogP contribution in [0.2, 0.25) is 0 Å². The molecule has 8 heteroatoms. The second-order valence-corrected chi connectivity index (χ2v) is 5.49. The third-order valence-corrected chi connectivity index (χ3v) is 3.34. The minimum atomic E-state index is -0.392. The molecule has 2 amide bonds. The van der Waals surface area contributed by atoms with E-state index in [-0.39, 0.29) is 18.3 Å². The van der Waals surface area contributed by atoms with Crippen molar-refractivity contribution in [1.82, 2.24) is 15.3 Å². The van der Waals surface area contributed by atoms with E-state index < -0.39 is 5.91 Å². The summed E-state index contributed by atoms with van der Waals surface area (Å²) < 4.78 is 0.948. The third-order valence-electron chi connectivity index (χ3n) is 2.40. The molecule has 0 saturated carbocycles. The van der Waals surface area contributed by atoms with Crippen LogP contribution in [0.5, 0.6) is 0 Å². The van der Waals surface area contributed by atoms with Gasteiger partial charge in [0.25, 0.3) is 5.91 Å². The SMILES string of the molecule is O=C(CNC(=O)c1ccccc1)Nc1ncc(Br)nc1Br. The number of anilines is 1. The van der Waals surface area contributed by atoms with Crippen LogP contribution in [0.25, 0.3) is 0 Å². The first kappa shape index (κ1) is 15.6. The Balaban J connectivity index is 1.89. The number of nitrogens with zero attached hydrogens (tertiary/aromatic N) is 2. The average Bonchev–Trinajstić information content (AvgIpc) is 2.48. The van der Waals surface area contributed by atoms with Crippen LogP contribution >= 0.6 is 31.9 Å². The van der Waals surface area contributed by atoms with Gasteiger partial charge in [0, 0.05) is 5.56 Å². The lowest BCUT2D eigenvalue weighted by Gasteiger charge is -2.07. The molecule has 0 radical (unpaired) electrons. The molecule has 108 valence electrons. The van der Waals surface area contributed by atoms with E-state index in [0.29, 0.717) is 14.8 Å². The summed E-state index contributed by atoms with van der Waals surface area (Å²) >= 11 is 6.35. The molecule has 0 bridgehead atoms. The van der Waals surface area contributed by atoms with E-state index in [1.165, 1.54) is 6.20 Å². The highest BCUT2D eigenvalue weighted by Crippen LogP contribution is 2.18. The summed E-state index contributed by atoms with van der Waals surface area (Å²) in [5.41, 5.74) is 0.495. The fraction of sp³-hybridized carbons (Fsp3) is 0.0769. The maximum atomic E-state index is 11.8. The zero-order valence-electron chi connectivity index (χ0n) is 10.6. The van der Waals surface area contributed by atoms with Crippen LogP contribution in [0.4, 0.5) is 5.82 Å².